The summed E-state index contributed by atoms with van der Waals surface area (Å²) < 4.78 is 34.4. The number of nitrogens with one attached hydrogen (secondary N) is 1. The number of esters is 1. The molecule has 1 aliphatic carbocycles. The molecule has 3 aromatic rings. The molecule has 1 amide bonds. The topological polar surface area (TPSA) is 116 Å². The Balaban J connectivity index is 1.39. The van der Waals surface area contributed by atoms with E-state index in [0.29, 0.717) is 24.4 Å². The van der Waals surface area contributed by atoms with E-state index in [0.717, 1.165) is 31.6 Å². The van der Waals surface area contributed by atoms with Crippen molar-refractivity contribution in [1.29, 1.82) is 0 Å². The smallest absolute Gasteiger partial charge is 0.425 e. The summed E-state index contributed by atoms with van der Waals surface area (Å²) in [7, 11) is 3.60. The van der Waals surface area contributed by atoms with Crippen molar-refractivity contribution in [2.24, 2.45) is 0 Å². The number of aromatic nitrogens is 1. The summed E-state index contributed by atoms with van der Waals surface area (Å²) in [5.74, 6) is 0.251. The predicted octanol–water partition coefficient (Wildman–Crippen LogP) is 6.34. The monoisotopic (exact) mass is 640 g/mol. The second kappa shape index (κ2) is 14.6. The molecule has 1 atom stereocenters. The first-order valence-corrected chi connectivity index (χ1v) is 17.7. The maximum Gasteiger partial charge on any atom is 0.425 e. The summed E-state index contributed by atoms with van der Waals surface area (Å²) in [5.41, 5.74) is 7.05. The first kappa shape index (κ1) is 33.3. The van der Waals surface area contributed by atoms with Crippen LogP contribution in [0.4, 0.5) is 4.79 Å². The van der Waals surface area contributed by atoms with Crippen LogP contribution in [0, 0.1) is 0 Å². The molecule has 0 bridgehead atoms. The maximum atomic E-state index is 12.6. The molecule has 5 rings (SSSR count). The molecule has 1 aromatic heterocycles. The van der Waals surface area contributed by atoms with Crippen LogP contribution >= 0.6 is 10.8 Å². The molecule has 0 spiro atoms. The molecule has 1 aliphatic heterocycles. The van der Waals surface area contributed by atoms with Crippen LogP contribution < -0.4 is 4.72 Å². The third-order valence-electron chi connectivity index (χ3n) is 9.52. The van der Waals surface area contributed by atoms with E-state index in [9.17, 15) is 18.7 Å². The van der Waals surface area contributed by atoms with Gasteiger partial charge in [0.15, 0.2) is 0 Å². The van der Waals surface area contributed by atoms with Gasteiger partial charge in [-0.25, -0.2) is 14.3 Å². The van der Waals surface area contributed by atoms with E-state index < -0.39 is 16.9 Å². The second-order valence-electron chi connectivity index (χ2n) is 12.5. The molecule has 246 valence electrons. The highest BCUT2D eigenvalue weighted by molar-refractivity contribution is 8.23. The number of nitrogens with zero attached hydrogens (tertiary/aromatic N) is 3. The van der Waals surface area contributed by atoms with Crippen LogP contribution in [-0.4, -0.2) is 95.3 Å². The summed E-state index contributed by atoms with van der Waals surface area (Å²) >= 11 is 0. The van der Waals surface area contributed by atoms with Crippen molar-refractivity contribution in [2.75, 3.05) is 53.7 Å². The minimum Gasteiger partial charge on any atom is -0.465 e. The molecule has 2 aliphatic rings. The lowest BCUT2D eigenvalue weighted by atomic mass is 9.81. The van der Waals surface area contributed by atoms with E-state index in [1.807, 2.05) is 19.2 Å². The fourth-order valence-corrected chi connectivity index (χ4v) is 8.03. The van der Waals surface area contributed by atoms with Crippen LogP contribution in [0.1, 0.15) is 65.9 Å². The number of carbonyl (C=O) groups excluding carboxylic acids is 2. The molecule has 1 fully saturated rings. The molecule has 45 heavy (non-hydrogen) atoms. The number of amides is 1. The molecular formula is C34H48N4O6S. The summed E-state index contributed by atoms with van der Waals surface area (Å²) in [6, 6.07) is 15.1. The zero-order valence-corrected chi connectivity index (χ0v) is 27.8. The zero-order valence-electron chi connectivity index (χ0n) is 27.0. The average Bonchev–Trinajstić information content (AvgIpc) is 3.25. The fourth-order valence-electron chi connectivity index (χ4n) is 7.04. The molecule has 1 saturated carbocycles. The standard InChI is InChI=1S/C34H48N4O6S/c1-36(17-10-20-45(41,42)35-34(40)44-4)18-19-37(2)27-21-25-13-8-9-14-28(25)32-31(24-11-6-5-7-12-24)29-16-15-26(33(39)43-3)22-30(29)38(32)23-27/h8-9,13-16,22,24,27,41-42H,5-7,10-12,17-21,23H2,1-4H3,(H,35,40). The van der Waals surface area contributed by atoms with Crippen LogP contribution in [0.5, 0.6) is 0 Å². The van der Waals surface area contributed by atoms with E-state index in [-0.39, 0.29) is 17.8 Å². The van der Waals surface area contributed by atoms with Gasteiger partial charge in [0.05, 0.1) is 31.2 Å². The van der Waals surface area contributed by atoms with Crippen molar-refractivity contribution in [3.63, 3.8) is 0 Å². The Bertz CT molecular complexity index is 1500. The van der Waals surface area contributed by atoms with Crippen molar-refractivity contribution in [3.8, 4) is 11.3 Å². The van der Waals surface area contributed by atoms with Gasteiger partial charge in [-0.15, -0.1) is 10.8 Å². The highest BCUT2D eigenvalue weighted by atomic mass is 32.3. The minimum absolute atomic E-state index is 0.0715. The molecule has 0 saturated heterocycles. The van der Waals surface area contributed by atoms with Crippen molar-refractivity contribution in [3.05, 3.63) is 59.2 Å². The van der Waals surface area contributed by atoms with Gasteiger partial charge in [-0.05, 0) is 75.5 Å². The number of benzene rings is 2. The number of hydrogen-bond donors (Lipinski definition) is 3. The van der Waals surface area contributed by atoms with Gasteiger partial charge in [-0.2, -0.15) is 0 Å². The quantitative estimate of drug-likeness (QED) is 0.208. The number of ether oxygens (including phenoxy) is 2. The van der Waals surface area contributed by atoms with Gasteiger partial charge in [0.25, 0.3) is 0 Å². The Kier molecular flexibility index (Phi) is 10.8. The molecule has 2 aromatic carbocycles. The number of rotatable bonds is 11. The molecule has 10 nitrogen and oxygen atoms in total. The maximum absolute atomic E-state index is 12.6. The Morgan fingerprint density at radius 2 is 1.76 bits per heavy atom. The first-order chi connectivity index (χ1) is 21.6. The summed E-state index contributed by atoms with van der Waals surface area (Å²) in [5, 5.41) is 1.25. The van der Waals surface area contributed by atoms with Gasteiger partial charge < -0.3 is 23.8 Å². The van der Waals surface area contributed by atoms with Gasteiger partial charge in [0, 0.05) is 42.1 Å². The van der Waals surface area contributed by atoms with Crippen LogP contribution in [0.2, 0.25) is 0 Å². The van der Waals surface area contributed by atoms with Crippen LogP contribution in [-0.2, 0) is 22.4 Å². The lowest BCUT2D eigenvalue weighted by Gasteiger charge is -2.33. The minimum atomic E-state index is -3.23. The summed E-state index contributed by atoms with van der Waals surface area (Å²) in [6.45, 7) is 3.10. The van der Waals surface area contributed by atoms with Crippen molar-refractivity contribution in [1.82, 2.24) is 19.1 Å². The zero-order chi connectivity index (χ0) is 32.1. The van der Waals surface area contributed by atoms with Gasteiger partial charge in [-0.1, -0.05) is 49.6 Å². The van der Waals surface area contributed by atoms with E-state index >= 15 is 0 Å². The number of likely N-dealkylation sites (N-methyl/N-ethyl adjacent to an activating group) is 2. The van der Waals surface area contributed by atoms with Gasteiger partial charge >= 0.3 is 12.1 Å². The highest BCUT2D eigenvalue weighted by Crippen LogP contribution is 2.46. The molecule has 0 radical (unpaired) electrons. The lowest BCUT2D eigenvalue weighted by Crippen LogP contribution is -2.41. The van der Waals surface area contributed by atoms with Gasteiger partial charge in [0.2, 0.25) is 0 Å². The number of methoxy groups -OCH3 is 2. The van der Waals surface area contributed by atoms with Gasteiger partial charge in [0.1, 0.15) is 0 Å². The largest absolute Gasteiger partial charge is 0.465 e. The SMILES string of the molecule is COC(=O)NS(O)(O)CCCN(C)CCN(C)C1Cc2ccccc2-c2c(C3CCCCC3)c3ccc(C(=O)OC)cc3n2C1. The Hall–Kier alpha value is -3.09. The molecule has 3 N–H and O–H groups in total. The average molecular weight is 641 g/mol. The Morgan fingerprint density at radius 3 is 2.49 bits per heavy atom. The van der Waals surface area contributed by atoms with Crippen LogP contribution in [0.3, 0.4) is 0 Å². The molecular weight excluding hydrogens is 592 g/mol. The molecule has 11 heteroatoms. The Labute approximate surface area is 268 Å². The number of fused-ring (bicyclic) bond motifs is 5. The first-order valence-electron chi connectivity index (χ1n) is 15.9. The number of carbonyl (C=O) groups is 2. The van der Waals surface area contributed by atoms with Crippen molar-refractivity contribution < 1.29 is 28.2 Å². The lowest BCUT2D eigenvalue weighted by molar-refractivity contribution is 0.0600. The highest BCUT2D eigenvalue weighted by Gasteiger charge is 2.32. The molecule has 1 unspecified atom stereocenters. The normalized spacial score (nSPS) is 17.6. The van der Waals surface area contributed by atoms with Crippen LogP contribution in [0.15, 0.2) is 42.5 Å². The van der Waals surface area contributed by atoms with Crippen LogP contribution in [0.25, 0.3) is 22.2 Å². The third-order valence-corrected chi connectivity index (χ3v) is 10.9. The third kappa shape index (κ3) is 7.66. The predicted molar refractivity (Wildman–Crippen MR) is 180 cm³/mol. The van der Waals surface area contributed by atoms with Gasteiger partial charge in [-0.3, -0.25) is 9.11 Å². The molecule has 2 heterocycles. The van der Waals surface area contributed by atoms with Crippen molar-refractivity contribution >= 4 is 33.7 Å². The van der Waals surface area contributed by atoms with E-state index in [4.69, 9.17) is 4.74 Å². The van der Waals surface area contributed by atoms with E-state index in [1.54, 1.807) is 0 Å². The van der Waals surface area contributed by atoms with E-state index in [1.165, 1.54) is 74.1 Å². The summed E-state index contributed by atoms with van der Waals surface area (Å²) in [6.07, 6.45) is 6.76. The number of hydrogen-bond acceptors (Lipinski definition) is 8. The van der Waals surface area contributed by atoms with Crippen molar-refractivity contribution in [2.45, 2.75) is 63.5 Å². The Morgan fingerprint density at radius 1 is 1.00 bits per heavy atom. The van der Waals surface area contributed by atoms with E-state index in [2.05, 4.69) is 61.2 Å². The second-order valence-corrected chi connectivity index (χ2v) is 14.5. The fraction of sp³-hybridized carbons (Fsp3) is 0.529. The summed E-state index contributed by atoms with van der Waals surface area (Å²) in [4.78, 5) is 28.6.